The summed E-state index contributed by atoms with van der Waals surface area (Å²) in [6.07, 6.45) is 51.7. The highest BCUT2D eigenvalue weighted by molar-refractivity contribution is 5.76. The van der Waals surface area contributed by atoms with E-state index in [-0.39, 0.29) is 18.5 Å². The number of allylic oxidation sites excluding steroid dienone is 3. The normalized spacial score (nSPS) is 12.9. The van der Waals surface area contributed by atoms with Gasteiger partial charge in [-0.1, -0.05) is 205 Å². The zero-order chi connectivity index (χ0) is 40.1. The van der Waals surface area contributed by atoms with Gasteiger partial charge in [0.15, 0.2) is 0 Å². The minimum atomic E-state index is -0.849. The minimum Gasteiger partial charge on any atom is -0.466 e. The second-order valence-electron chi connectivity index (χ2n) is 16.4. The fourth-order valence-corrected chi connectivity index (χ4v) is 7.21. The largest absolute Gasteiger partial charge is 0.466 e. The summed E-state index contributed by atoms with van der Waals surface area (Å²) in [6.45, 7) is 4.85. The Morgan fingerprint density at radius 3 is 1.29 bits per heavy atom. The number of aliphatic hydroxyl groups is 2. The SMILES string of the molecule is CCCCCCCCCC/C=C/C(O)C(CO)NC(=O)CCCCCCCCC/C=C\CCCCCCCCOC(=O)CCCCCCCCCCCCC. The van der Waals surface area contributed by atoms with Crippen LogP contribution < -0.4 is 5.32 Å². The second kappa shape index (κ2) is 45.0. The van der Waals surface area contributed by atoms with E-state index >= 15 is 0 Å². The predicted molar refractivity (Wildman–Crippen MR) is 236 cm³/mol. The van der Waals surface area contributed by atoms with E-state index in [1.807, 2.05) is 6.08 Å². The van der Waals surface area contributed by atoms with Gasteiger partial charge in [0.2, 0.25) is 5.91 Å². The van der Waals surface area contributed by atoms with Gasteiger partial charge in [0.05, 0.1) is 25.4 Å². The molecule has 0 aliphatic carbocycles. The first-order valence-electron chi connectivity index (χ1n) is 24.1. The van der Waals surface area contributed by atoms with E-state index in [0.29, 0.717) is 19.4 Å². The summed E-state index contributed by atoms with van der Waals surface area (Å²) in [7, 11) is 0. The number of carbonyl (C=O) groups is 2. The monoisotopic (exact) mass is 776 g/mol. The van der Waals surface area contributed by atoms with Crippen LogP contribution in [0.3, 0.4) is 0 Å². The molecule has 0 aliphatic rings. The van der Waals surface area contributed by atoms with E-state index in [2.05, 4.69) is 31.3 Å². The smallest absolute Gasteiger partial charge is 0.305 e. The van der Waals surface area contributed by atoms with Crippen LogP contribution in [0.2, 0.25) is 0 Å². The topological polar surface area (TPSA) is 95.9 Å². The molecule has 2 atom stereocenters. The van der Waals surface area contributed by atoms with Crippen LogP contribution in [0.5, 0.6) is 0 Å². The van der Waals surface area contributed by atoms with Crippen LogP contribution in [0, 0.1) is 0 Å². The fraction of sp³-hybridized carbons (Fsp3) is 0.878. The lowest BCUT2D eigenvalue weighted by Gasteiger charge is -2.20. The Kier molecular flexibility index (Phi) is 43.7. The molecule has 0 aromatic carbocycles. The molecule has 0 rings (SSSR count). The van der Waals surface area contributed by atoms with E-state index in [4.69, 9.17) is 4.74 Å². The average molecular weight is 776 g/mol. The van der Waals surface area contributed by atoms with Gasteiger partial charge in [-0.15, -0.1) is 0 Å². The Labute approximate surface area is 341 Å². The molecule has 0 heterocycles. The third-order valence-electron chi connectivity index (χ3n) is 11.0. The number of rotatable bonds is 44. The lowest BCUT2D eigenvalue weighted by molar-refractivity contribution is -0.143. The molecule has 0 aromatic rings. The van der Waals surface area contributed by atoms with Crippen LogP contribution in [0.25, 0.3) is 0 Å². The van der Waals surface area contributed by atoms with Gasteiger partial charge >= 0.3 is 5.97 Å². The van der Waals surface area contributed by atoms with Crippen molar-refractivity contribution in [3.8, 4) is 0 Å². The van der Waals surface area contributed by atoms with Crippen LogP contribution in [0.1, 0.15) is 251 Å². The van der Waals surface area contributed by atoms with Crippen LogP contribution >= 0.6 is 0 Å². The van der Waals surface area contributed by atoms with Gasteiger partial charge < -0.3 is 20.3 Å². The first-order chi connectivity index (χ1) is 27.0. The van der Waals surface area contributed by atoms with E-state index in [1.54, 1.807) is 6.08 Å². The third-order valence-corrected chi connectivity index (χ3v) is 11.0. The van der Waals surface area contributed by atoms with Crippen molar-refractivity contribution in [3.63, 3.8) is 0 Å². The lowest BCUT2D eigenvalue weighted by Crippen LogP contribution is -2.45. The molecule has 324 valence electrons. The van der Waals surface area contributed by atoms with Gasteiger partial charge in [0.25, 0.3) is 0 Å². The quantitative estimate of drug-likeness (QED) is 0.0325. The molecule has 2 unspecified atom stereocenters. The van der Waals surface area contributed by atoms with Crippen molar-refractivity contribution in [2.75, 3.05) is 13.2 Å². The van der Waals surface area contributed by atoms with Crippen LogP contribution in [-0.2, 0) is 14.3 Å². The maximum atomic E-state index is 12.4. The highest BCUT2D eigenvalue weighted by Crippen LogP contribution is 2.15. The van der Waals surface area contributed by atoms with Crippen molar-refractivity contribution in [2.45, 2.75) is 264 Å². The molecule has 6 heteroatoms. The molecule has 6 nitrogen and oxygen atoms in total. The number of unbranched alkanes of at least 4 members (excludes halogenated alkanes) is 31. The van der Waals surface area contributed by atoms with Crippen LogP contribution in [-0.4, -0.2) is 47.4 Å². The number of hydrogen-bond acceptors (Lipinski definition) is 5. The summed E-state index contributed by atoms with van der Waals surface area (Å²) < 4.78 is 5.44. The summed E-state index contributed by atoms with van der Waals surface area (Å²) in [4.78, 5) is 24.3. The van der Waals surface area contributed by atoms with Crippen molar-refractivity contribution in [1.82, 2.24) is 5.32 Å². The van der Waals surface area contributed by atoms with Gasteiger partial charge in [-0.3, -0.25) is 9.59 Å². The standard InChI is InChI=1S/C49H93NO5/c1-3-5-7-9-11-13-22-27-31-35-39-43-49(54)55-44-40-36-32-28-24-21-19-17-15-16-18-20-23-26-30-34-38-42-48(53)50-46(45-51)47(52)41-37-33-29-25-14-12-10-8-6-4-2/h15,17,37,41,46-47,51-52H,3-14,16,18-36,38-40,42-45H2,1-2H3,(H,50,53)/b17-15-,41-37+. The van der Waals surface area contributed by atoms with Crippen LogP contribution in [0.4, 0.5) is 0 Å². The highest BCUT2D eigenvalue weighted by atomic mass is 16.5. The number of carbonyl (C=O) groups excluding carboxylic acids is 2. The minimum absolute atomic E-state index is 0.00388. The highest BCUT2D eigenvalue weighted by Gasteiger charge is 2.18. The van der Waals surface area contributed by atoms with Crippen molar-refractivity contribution in [2.24, 2.45) is 0 Å². The van der Waals surface area contributed by atoms with Gasteiger partial charge in [0.1, 0.15) is 0 Å². The third kappa shape index (κ3) is 41.8. The Morgan fingerprint density at radius 2 is 0.855 bits per heavy atom. The van der Waals surface area contributed by atoms with Crippen LogP contribution in [0.15, 0.2) is 24.3 Å². The second-order valence-corrected chi connectivity index (χ2v) is 16.4. The number of nitrogens with one attached hydrogen (secondary N) is 1. The molecule has 0 aliphatic heterocycles. The molecule has 0 radical (unpaired) electrons. The Morgan fingerprint density at radius 1 is 0.491 bits per heavy atom. The summed E-state index contributed by atoms with van der Waals surface area (Å²) in [5.74, 6) is -0.0865. The fourth-order valence-electron chi connectivity index (χ4n) is 7.21. The Hall–Kier alpha value is -1.66. The molecule has 0 spiro atoms. The molecule has 55 heavy (non-hydrogen) atoms. The average Bonchev–Trinajstić information content (AvgIpc) is 3.18. The Balaban J connectivity index is 3.48. The van der Waals surface area contributed by atoms with E-state index < -0.39 is 12.1 Å². The molecule has 0 saturated heterocycles. The van der Waals surface area contributed by atoms with E-state index in [9.17, 15) is 19.8 Å². The zero-order valence-electron chi connectivity index (χ0n) is 36.7. The summed E-state index contributed by atoms with van der Waals surface area (Å²) in [5.41, 5.74) is 0. The molecular formula is C49H93NO5. The van der Waals surface area contributed by atoms with Crippen molar-refractivity contribution in [3.05, 3.63) is 24.3 Å². The van der Waals surface area contributed by atoms with Gasteiger partial charge in [-0.25, -0.2) is 0 Å². The van der Waals surface area contributed by atoms with Crippen molar-refractivity contribution < 1.29 is 24.5 Å². The molecule has 0 saturated carbocycles. The van der Waals surface area contributed by atoms with Gasteiger partial charge in [0, 0.05) is 12.8 Å². The van der Waals surface area contributed by atoms with Gasteiger partial charge in [-0.2, -0.15) is 0 Å². The first kappa shape index (κ1) is 53.3. The number of hydrogen-bond donors (Lipinski definition) is 3. The van der Waals surface area contributed by atoms with E-state index in [0.717, 1.165) is 57.8 Å². The molecule has 0 bridgehead atoms. The summed E-state index contributed by atoms with van der Waals surface area (Å²) in [6, 6.07) is -0.634. The first-order valence-corrected chi connectivity index (χ1v) is 24.1. The number of esters is 1. The number of ether oxygens (including phenoxy) is 1. The molecule has 1 amide bonds. The number of aliphatic hydroxyl groups excluding tert-OH is 2. The zero-order valence-corrected chi connectivity index (χ0v) is 36.7. The molecule has 0 aromatic heterocycles. The summed E-state index contributed by atoms with van der Waals surface area (Å²) in [5, 5.41) is 22.9. The van der Waals surface area contributed by atoms with Crippen molar-refractivity contribution >= 4 is 11.9 Å². The molecular weight excluding hydrogens is 683 g/mol. The lowest BCUT2D eigenvalue weighted by atomic mass is 10.1. The molecule has 0 fully saturated rings. The van der Waals surface area contributed by atoms with E-state index in [1.165, 1.54) is 167 Å². The van der Waals surface area contributed by atoms with Crippen molar-refractivity contribution in [1.29, 1.82) is 0 Å². The predicted octanol–water partition coefficient (Wildman–Crippen LogP) is 14.0. The molecule has 3 N–H and O–H groups in total. The summed E-state index contributed by atoms with van der Waals surface area (Å²) >= 11 is 0. The maximum absolute atomic E-state index is 12.4. The Bertz CT molecular complexity index is 858. The number of amides is 1. The maximum Gasteiger partial charge on any atom is 0.305 e. The van der Waals surface area contributed by atoms with Gasteiger partial charge in [-0.05, 0) is 57.8 Å².